The number of carboxylic acids is 1. The van der Waals surface area contributed by atoms with Crippen LogP contribution in [-0.4, -0.2) is 41.8 Å². The molecule has 34 heavy (non-hydrogen) atoms. The van der Waals surface area contributed by atoms with Crippen molar-refractivity contribution in [2.24, 2.45) is 5.92 Å². The van der Waals surface area contributed by atoms with Crippen LogP contribution < -0.4 is 10.6 Å². The number of fused-ring (bicyclic) bond motifs is 3. The molecule has 0 spiro atoms. The summed E-state index contributed by atoms with van der Waals surface area (Å²) in [4.78, 5) is 37.2. The maximum atomic E-state index is 12.9. The molecule has 2 aromatic rings. The van der Waals surface area contributed by atoms with Crippen LogP contribution in [-0.2, 0) is 14.3 Å². The van der Waals surface area contributed by atoms with Crippen molar-refractivity contribution >= 4 is 18.0 Å². The topological polar surface area (TPSA) is 105 Å². The second-order valence-corrected chi connectivity index (χ2v) is 9.16. The van der Waals surface area contributed by atoms with Crippen LogP contribution in [0.3, 0.4) is 0 Å². The van der Waals surface area contributed by atoms with E-state index in [1.165, 1.54) is 0 Å². The standard InChI is InChI=1S/C27H32N2O5/c1-2-9-24(25(30)28-23-15-8-7-14-21(23)26(31)32)29-27(33)34-16-22-19-12-5-3-10-17(19)18-11-4-6-13-20(18)22/h3-6,10-13,21-24H,2,7-9,14-16H2,1H3,(H,28,30)(H,29,33)(H,31,32)/t21-,23+,24+/m1/s1. The number of carboxylic acid groups (broad SMARTS) is 1. The molecule has 0 saturated heterocycles. The number of alkyl carbamates (subject to hydrolysis) is 1. The van der Waals surface area contributed by atoms with Crippen molar-refractivity contribution in [2.45, 2.75) is 63.5 Å². The lowest BCUT2D eigenvalue weighted by molar-refractivity contribution is -0.144. The Kier molecular flexibility index (Phi) is 7.50. The third-order valence-electron chi connectivity index (χ3n) is 6.94. The summed E-state index contributed by atoms with van der Waals surface area (Å²) in [5, 5.41) is 15.1. The predicted octanol–water partition coefficient (Wildman–Crippen LogP) is 4.45. The van der Waals surface area contributed by atoms with E-state index in [-0.39, 0.29) is 18.4 Å². The molecule has 2 aliphatic carbocycles. The first-order valence-electron chi connectivity index (χ1n) is 12.1. The number of hydrogen-bond donors (Lipinski definition) is 3. The zero-order chi connectivity index (χ0) is 24.1. The Morgan fingerprint density at radius 2 is 1.62 bits per heavy atom. The van der Waals surface area contributed by atoms with Crippen LogP contribution in [0.1, 0.15) is 62.5 Å². The molecule has 1 saturated carbocycles. The van der Waals surface area contributed by atoms with Gasteiger partial charge in [0.05, 0.1) is 5.92 Å². The van der Waals surface area contributed by atoms with Crippen LogP contribution in [0.25, 0.3) is 11.1 Å². The molecule has 2 aromatic carbocycles. The summed E-state index contributed by atoms with van der Waals surface area (Å²) in [7, 11) is 0. The zero-order valence-corrected chi connectivity index (χ0v) is 19.5. The van der Waals surface area contributed by atoms with Crippen LogP contribution in [0.4, 0.5) is 4.79 Å². The molecule has 1 fully saturated rings. The van der Waals surface area contributed by atoms with Crippen molar-refractivity contribution < 1.29 is 24.2 Å². The van der Waals surface area contributed by atoms with Crippen molar-refractivity contribution in [2.75, 3.05) is 6.61 Å². The number of benzene rings is 2. The van der Waals surface area contributed by atoms with E-state index < -0.39 is 30.1 Å². The van der Waals surface area contributed by atoms with Crippen molar-refractivity contribution in [3.8, 4) is 11.1 Å². The van der Waals surface area contributed by atoms with Gasteiger partial charge in [0.15, 0.2) is 0 Å². The van der Waals surface area contributed by atoms with E-state index in [9.17, 15) is 19.5 Å². The van der Waals surface area contributed by atoms with E-state index in [1.807, 2.05) is 31.2 Å². The van der Waals surface area contributed by atoms with Gasteiger partial charge in [0.1, 0.15) is 12.6 Å². The molecule has 0 aliphatic heterocycles. The fraction of sp³-hybridized carbons (Fsp3) is 0.444. The summed E-state index contributed by atoms with van der Waals surface area (Å²) in [6, 6.07) is 15.0. The number of nitrogens with one attached hydrogen (secondary N) is 2. The molecule has 3 N–H and O–H groups in total. The summed E-state index contributed by atoms with van der Waals surface area (Å²) < 4.78 is 5.59. The lowest BCUT2D eigenvalue weighted by Crippen LogP contribution is -2.53. The lowest BCUT2D eigenvalue weighted by atomic mass is 9.84. The maximum absolute atomic E-state index is 12.9. The molecular weight excluding hydrogens is 432 g/mol. The Morgan fingerprint density at radius 1 is 1.00 bits per heavy atom. The van der Waals surface area contributed by atoms with Crippen LogP contribution >= 0.6 is 0 Å². The molecule has 4 rings (SSSR count). The second kappa shape index (κ2) is 10.7. The molecule has 7 heteroatoms. The van der Waals surface area contributed by atoms with E-state index in [2.05, 4.69) is 34.9 Å². The second-order valence-electron chi connectivity index (χ2n) is 9.16. The largest absolute Gasteiger partial charge is 0.481 e. The molecule has 2 amide bonds. The van der Waals surface area contributed by atoms with E-state index in [0.29, 0.717) is 25.7 Å². The first kappa shape index (κ1) is 23.8. The van der Waals surface area contributed by atoms with Gasteiger partial charge in [-0.3, -0.25) is 9.59 Å². The fourth-order valence-corrected chi connectivity index (χ4v) is 5.22. The molecule has 2 aliphatic rings. The molecule has 0 unspecified atom stereocenters. The van der Waals surface area contributed by atoms with Gasteiger partial charge < -0.3 is 20.5 Å². The van der Waals surface area contributed by atoms with E-state index in [4.69, 9.17) is 4.74 Å². The highest BCUT2D eigenvalue weighted by molar-refractivity contribution is 5.86. The number of carbonyl (C=O) groups excluding carboxylic acids is 2. The molecular formula is C27H32N2O5. The van der Waals surface area contributed by atoms with Crippen molar-refractivity contribution in [3.63, 3.8) is 0 Å². The third kappa shape index (κ3) is 5.08. The smallest absolute Gasteiger partial charge is 0.407 e. The van der Waals surface area contributed by atoms with Gasteiger partial charge in [-0.1, -0.05) is 74.7 Å². The highest BCUT2D eigenvalue weighted by Crippen LogP contribution is 2.44. The van der Waals surface area contributed by atoms with Gasteiger partial charge in [-0.05, 0) is 41.5 Å². The van der Waals surface area contributed by atoms with Gasteiger partial charge in [0.25, 0.3) is 0 Å². The Hall–Kier alpha value is -3.35. The predicted molar refractivity (Wildman–Crippen MR) is 128 cm³/mol. The molecule has 3 atom stereocenters. The monoisotopic (exact) mass is 464 g/mol. The SMILES string of the molecule is CCC[C@H](NC(=O)OCC1c2ccccc2-c2ccccc21)C(=O)N[C@H]1CCCC[C@H]1C(=O)O. The minimum absolute atomic E-state index is 0.0600. The number of ether oxygens (including phenoxy) is 1. The molecule has 180 valence electrons. The molecule has 0 aromatic heterocycles. The number of aliphatic carboxylic acids is 1. The fourth-order valence-electron chi connectivity index (χ4n) is 5.22. The summed E-state index contributed by atoms with van der Waals surface area (Å²) in [6.07, 6.45) is 3.40. The van der Waals surface area contributed by atoms with Gasteiger partial charge in [-0.15, -0.1) is 0 Å². The molecule has 7 nitrogen and oxygen atoms in total. The summed E-state index contributed by atoms with van der Waals surface area (Å²) in [5.41, 5.74) is 4.54. The minimum atomic E-state index is -0.887. The number of amides is 2. The normalized spacial score (nSPS) is 20.0. The first-order valence-corrected chi connectivity index (χ1v) is 12.1. The van der Waals surface area contributed by atoms with Crippen molar-refractivity contribution in [1.29, 1.82) is 0 Å². The number of carbonyl (C=O) groups is 3. The minimum Gasteiger partial charge on any atom is -0.481 e. The zero-order valence-electron chi connectivity index (χ0n) is 19.5. The van der Waals surface area contributed by atoms with E-state index in [0.717, 1.165) is 35.1 Å². The number of hydrogen-bond acceptors (Lipinski definition) is 4. The van der Waals surface area contributed by atoms with Crippen LogP contribution in [0.5, 0.6) is 0 Å². The summed E-state index contributed by atoms with van der Waals surface area (Å²) in [6.45, 7) is 2.10. The highest BCUT2D eigenvalue weighted by atomic mass is 16.5. The Bertz CT molecular complexity index is 1010. The average Bonchev–Trinajstić information content (AvgIpc) is 3.16. The van der Waals surface area contributed by atoms with Crippen molar-refractivity contribution in [3.05, 3.63) is 59.7 Å². The van der Waals surface area contributed by atoms with Gasteiger partial charge in [0, 0.05) is 12.0 Å². The van der Waals surface area contributed by atoms with Gasteiger partial charge >= 0.3 is 12.1 Å². The first-order chi connectivity index (χ1) is 16.5. The van der Waals surface area contributed by atoms with Gasteiger partial charge in [-0.25, -0.2) is 4.79 Å². The average molecular weight is 465 g/mol. The Balaban J connectivity index is 1.38. The quantitative estimate of drug-likeness (QED) is 0.535. The maximum Gasteiger partial charge on any atom is 0.407 e. The van der Waals surface area contributed by atoms with Crippen LogP contribution in [0, 0.1) is 5.92 Å². The van der Waals surface area contributed by atoms with E-state index in [1.54, 1.807) is 0 Å². The molecule has 0 heterocycles. The third-order valence-corrected chi connectivity index (χ3v) is 6.94. The highest BCUT2D eigenvalue weighted by Gasteiger charge is 2.34. The van der Waals surface area contributed by atoms with Crippen LogP contribution in [0.2, 0.25) is 0 Å². The number of rotatable bonds is 8. The lowest BCUT2D eigenvalue weighted by Gasteiger charge is -2.30. The Labute approximate surface area is 199 Å². The van der Waals surface area contributed by atoms with Gasteiger partial charge in [-0.2, -0.15) is 0 Å². The summed E-state index contributed by atoms with van der Waals surface area (Å²) >= 11 is 0. The molecule has 0 bridgehead atoms. The van der Waals surface area contributed by atoms with Crippen molar-refractivity contribution in [1.82, 2.24) is 10.6 Å². The molecule has 0 radical (unpaired) electrons. The van der Waals surface area contributed by atoms with Gasteiger partial charge in [0.2, 0.25) is 5.91 Å². The van der Waals surface area contributed by atoms with E-state index >= 15 is 0 Å². The summed E-state index contributed by atoms with van der Waals surface area (Å²) in [5.74, 6) is -1.89. The van der Waals surface area contributed by atoms with Crippen LogP contribution in [0.15, 0.2) is 48.5 Å². The Morgan fingerprint density at radius 3 is 2.24 bits per heavy atom.